The summed E-state index contributed by atoms with van der Waals surface area (Å²) in [5.74, 6) is 0. The van der Waals surface area contributed by atoms with E-state index in [0.29, 0.717) is 0 Å². The molecule has 2 rings (SSSR count). The van der Waals surface area contributed by atoms with Crippen molar-refractivity contribution in [2.75, 3.05) is 0 Å². The van der Waals surface area contributed by atoms with E-state index in [1.165, 1.54) is 27.5 Å². The van der Waals surface area contributed by atoms with Gasteiger partial charge in [0.1, 0.15) is 0 Å². The lowest BCUT2D eigenvalue weighted by molar-refractivity contribution is 1.40. The van der Waals surface area contributed by atoms with Gasteiger partial charge in [0.25, 0.3) is 0 Å². The summed E-state index contributed by atoms with van der Waals surface area (Å²) >= 11 is 0. The van der Waals surface area contributed by atoms with E-state index in [-0.39, 0.29) is 0 Å². The number of benzene rings is 2. The molecule has 0 aromatic heterocycles. The molecule has 0 nitrogen and oxygen atoms in total. The Labute approximate surface area is 91.2 Å². The number of hydrogen-bond donors (Lipinski definition) is 0. The van der Waals surface area contributed by atoms with Crippen molar-refractivity contribution >= 4 is 16.8 Å². The second kappa shape index (κ2) is 3.90. The quantitative estimate of drug-likeness (QED) is 0.626. The highest BCUT2D eigenvalue weighted by molar-refractivity contribution is 5.88. The van der Waals surface area contributed by atoms with E-state index >= 15 is 0 Å². The van der Waals surface area contributed by atoms with E-state index < -0.39 is 0 Å². The molecule has 0 spiro atoms. The van der Waals surface area contributed by atoms with Gasteiger partial charge in [-0.2, -0.15) is 0 Å². The maximum Gasteiger partial charge on any atom is -0.0149 e. The Morgan fingerprint density at radius 2 is 1.73 bits per heavy atom. The van der Waals surface area contributed by atoms with Gasteiger partial charge in [-0.3, -0.25) is 0 Å². The molecule has 0 aliphatic carbocycles. The van der Waals surface area contributed by atoms with Gasteiger partial charge in [0.05, 0.1) is 0 Å². The molecular weight excluding hydrogens is 180 g/mol. The van der Waals surface area contributed by atoms with Gasteiger partial charge >= 0.3 is 0 Å². The van der Waals surface area contributed by atoms with Crippen molar-refractivity contribution in [1.29, 1.82) is 0 Å². The molecule has 0 aliphatic rings. The Hall–Kier alpha value is -1.56. The maximum atomic E-state index is 2.24. The lowest BCUT2D eigenvalue weighted by Gasteiger charge is -2.06. The van der Waals surface area contributed by atoms with Crippen molar-refractivity contribution in [2.24, 2.45) is 0 Å². The van der Waals surface area contributed by atoms with Crippen LogP contribution in [-0.4, -0.2) is 0 Å². The minimum absolute atomic E-state index is 1.32. The molecule has 0 unspecified atom stereocenters. The standard InChI is InChI=1S/C15H16/c1-11(2)10-14-9-8-13-6-4-5-7-15(13)12(14)3/h4-10H,1-3H3. The molecule has 0 fully saturated rings. The summed E-state index contributed by atoms with van der Waals surface area (Å²) in [5.41, 5.74) is 4.04. The topological polar surface area (TPSA) is 0 Å². The van der Waals surface area contributed by atoms with E-state index in [2.05, 4.69) is 63.2 Å². The molecule has 15 heavy (non-hydrogen) atoms. The van der Waals surface area contributed by atoms with Crippen LogP contribution in [0.3, 0.4) is 0 Å². The van der Waals surface area contributed by atoms with E-state index in [4.69, 9.17) is 0 Å². The van der Waals surface area contributed by atoms with Gasteiger partial charge < -0.3 is 0 Å². The zero-order valence-electron chi connectivity index (χ0n) is 9.54. The molecule has 0 radical (unpaired) electrons. The zero-order valence-corrected chi connectivity index (χ0v) is 9.54. The van der Waals surface area contributed by atoms with Crippen molar-refractivity contribution in [1.82, 2.24) is 0 Å². The summed E-state index contributed by atoms with van der Waals surface area (Å²) in [4.78, 5) is 0. The summed E-state index contributed by atoms with van der Waals surface area (Å²) in [6, 6.07) is 12.9. The van der Waals surface area contributed by atoms with Crippen molar-refractivity contribution in [3.8, 4) is 0 Å². The lowest BCUT2D eigenvalue weighted by Crippen LogP contribution is -1.84. The molecule has 0 bridgehead atoms. The number of rotatable bonds is 1. The fourth-order valence-corrected chi connectivity index (χ4v) is 1.91. The molecule has 0 heterocycles. The van der Waals surface area contributed by atoms with Crippen LogP contribution in [-0.2, 0) is 0 Å². The van der Waals surface area contributed by atoms with Gasteiger partial charge in [0.2, 0.25) is 0 Å². The molecule has 0 N–H and O–H groups in total. The second-order valence-corrected chi connectivity index (χ2v) is 4.22. The highest BCUT2D eigenvalue weighted by atomic mass is 14.0. The molecule has 0 amide bonds. The second-order valence-electron chi connectivity index (χ2n) is 4.22. The van der Waals surface area contributed by atoms with Gasteiger partial charge in [-0.15, -0.1) is 0 Å². The van der Waals surface area contributed by atoms with E-state index in [1.54, 1.807) is 0 Å². The van der Waals surface area contributed by atoms with Crippen molar-refractivity contribution < 1.29 is 0 Å². The highest BCUT2D eigenvalue weighted by Gasteiger charge is 2.00. The molecule has 2 aromatic rings. The Bertz CT molecular complexity index is 515. The monoisotopic (exact) mass is 196 g/mol. The molecule has 0 heteroatoms. The fourth-order valence-electron chi connectivity index (χ4n) is 1.91. The summed E-state index contributed by atoms with van der Waals surface area (Å²) in [5, 5.41) is 2.67. The van der Waals surface area contributed by atoms with Crippen molar-refractivity contribution in [3.05, 3.63) is 53.1 Å². The Morgan fingerprint density at radius 1 is 1.00 bits per heavy atom. The largest absolute Gasteiger partial charge is 0.0758 e. The summed E-state index contributed by atoms with van der Waals surface area (Å²) < 4.78 is 0. The van der Waals surface area contributed by atoms with E-state index in [9.17, 15) is 0 Å². The third-order valence-corrected chi connectivity index (χ3v) is 2.68. The smallest absolute Gasteiger partial charge is 0.0149 e. The summed E-state index contributed by atoms with van der Waals surface area (Å²) in [6.45, 7) is 6.46. The molecule has 0 atom stereocenters. The SMILES string of the molecule is CC(C)=Cc1ccc2ccccc2c1C. The third-order valence-electron chi connectivity index (χ3n) is 2.68. The minimum atomic E-state index is 1.32. The number of fused-ring (bicyclic) bond motifs is 1. The van der Waals surface area contributed by atoms with Crippen LogP contribution in [0, 0.1) is 6.92 Å². The first-order chi connectivity index (χ1) is 7.18. The predicted octanol–water partition coefficient (Wildman–Crippen LogP) is 4.57. The van der Waals surface area contributed by atoms with Crippen LogP contribution in [0.2, 0.25) is 0 Å². The van der Waals surface area contributed by atoms with Crippen LogP contribution in [0.25, 0.3) is 16.8 Å². The summed E-state index contributed by atoms with van der Waals surface area (Å²) in [7, 11) is 0. The molecule has 2 aromatic carbocycles. The number of hydrogen-bond acceptors (Lipinski definition) is 0. The van der Waals surface area contributed by atoms with Gasteiger partial charge in [-0.05, 0) is 42.7 Å². The van der Waals surface area contributed by atoms with Crippen molar-refractivity contribution in [2.45, 2.75) is 20.8 Å². The fraction of sp³-hybridized carbons (Fsp3) is 0.200. The maximum absolute atomic E-state index is 2.24. The summed E-state index contributed by atoms with van der Waals surface area (Å²) in [6.07, 6.45) is 2.24. The van der Waals surface area contributed by atoms with Crippen LogP contribution in [0.15, 0.2) is 42.0 Å². The molecule has 0 saturated heterocycles. The predicted molar refractivity (Wildman–Crippen MR) is 68.0 cm³/mol. The Morgan fingerprint density at radius 3 is 2.47 bits per heavy atom. The number of aryl methyl sites for hydroxylation is 1. The zero-order chi connectivity index (χ0) is 10.8. The molecule has 0 aliphatic heterocycles. The van der Waals surface area contributed by atoms with Gasteiger partial charge in [0.15, 0.2) is 0 Å². The van der Waals surface area contributed by atoms with Crippen LogP contribution < -0.4 is 0 Å². The Balaban J connectivity index is 2.70. The van der Waals surface area contributed by atoms with Crippen LogP contribution >= 0.6 is 0 Å². The minimum Gasteiger partial charge on any atom is -0.0758 e. The molecule has 76 valence electrons. The first kappa shape index (κ1) is 9.97. The third kappa shape index (κ3) is 1.94. The van der Waals surface area contributed by atoms with Crippen molar-refractivity contribution in [3.63, 3.8) is 0 Å². The van der Waals surface area contributed by atoms with E-state index in [0.717, 1.165) is 0 Å². The first-order valence-electron chi connectivity index (χ1n) is 5.32. The van der Waals surface area contributed by atoms with Gasteiger partial charge in [-0.1, -0.05) is 48.0 Å². The van der Waals surface area contributed by atoms with Crippen LogP contribution in [0.5, 0.6) is 0 Å². The number of allylic oxidation sites excluding steroid dienone is 1. The van der Waals surface area contributed by atoms with Gasteiger partial charge in [0, 0.05) is 0 Å². The Kier molecular flexibility index (Phi) is 2.59. The lowest BCUT2D eigenvalue weighted by atomic mass is 9.99. The molecule has 0 saturated carbocycles. The van der Waals surface area contributed by atoms with Gasteiger partial charge in [-0.25, -0.2) is 0 Å². The van der Waals surface area contributed by atoms with Crippen LogP contribution in [0.4, 0.5) is 0 Å². The van der Waals surface area contributed by atoms with E-state index in [1.807, 2.05) is 0 Å². The first-order valence-corrected chi connectivity index (χ1v) is 5.32. The highest BCUT2D eigenvalue weighted by Crippen LogP contribution is 2.23. The average Bonchev–Trinajstić information content (AvgIpc) is 2.22. The molecular formula is C15H16. The van der Waals surface area contributed by atoms with Crippen LogP contribution in [0.1, 0.15) is 25.0 Å². The average molecular weight is 196 g/mol. The normalized spacial score (nSPS) is 10.3.